The normalized spacial score (nSPS) is 44.0. The van der Waals surface area contributed by atoms with E-state index in [1.807, 2.05) is 0 Å². The minimum absolute atomic E-state index is 0.0867. The standard InChI is InChI=1S/C22H38N4O14/c1-8-15(31)10(30)5-13(36-8)39-20-14(25-9(2)29)21(35-4-3-24-26-23)38-12(7-28)19(20)40-22-18(34)17(33)16(32)11(6-27)37-22/h8,10-22,27-28,30-34H,3-7H2,1-2H3,(H,25,29)/t8-,10?,11?,12?,13?,14?,15+,16-,17-,18?,19+,20+,21+,22-/m0/s1. The molecule has 3 aliphatic rings. The highest BCUT2D eigenvalue weighted by Crippen LogP contribution is 2.33. The van der Waals surface area contributed by atoms with E-state index in [1.54, 1.807) is 0 Å². The maximum Gasteiger partial charge on any atom is 0.217 e. The van der Waals surface area contributed by atoms with Gasteiger partial charge in [-0.05, 0) is 12.5 Å². The summed E-state index contributed by atoms with van der Waals surface area (Å²) in [5.74, 6) is -0.548. The molecule has 230 valence electrons. The van der Waals surface area contributed by atoms with Gasteiger partial charge in [0.15, 0.2) is 18.9 Å². The second-order valence-electron chi connectivity index (χ2n) is 9.74. The van der Waals surface area contributed by atoms with Crippen LogP contribution in [0.4, 0.5) is 0 Å². The van der Waals surface area contributed by atoms with Gasteiger partial charge in [0.25, 0.3) is 0 Å². The predicted molar refractivity (Wildman–Crippen MR) is 128 cm³/mol. The number of ether oxygens (including phenoxy) is 6. The average molecular weight is 583 g/mol. The number of hydrogen-bond donors (Lipinski definition) is 8. The first-order chi connectivity index (χ1) is 19.0. The molecule has 0 aliphatic carbocycles. The highest BCUT2D eigenvalue weighted by atomic mass is 16.8. The van der Waals surface area contributed by atoms with Gasteiger partial charge >= 0.3 is 0 Å². The van der Waals surface area contributed by atoms with Crippen molar-refractivity contribution in [2.45, 2.75) is 106 Å². The molecule has 3 saturated heterocycles. The predicted octanol–water partition coefficient (Wildman–Crippen LogP) is -4.04. The van der Waals surface area contributed by atoms with Crippen LogP contribution in [0, 0.1) is 0 Å². The van der Waals surface area contributed by atoms with E-state index >= 15 is 0 Å². The third-order valence-corrected chi connectivity index (χ3v) is 6.86. The Kier molecular flexibility index (Phi) is 12.2. The van der Waals surface area contributed by atoms with Crippen molar-refractivity contribution >= 4 is 5.91 Å². The number of aliphatic hydroxyl groups is 7. The summed E-state index contributed by atoms with van der Waals surface area (Å²) in [6.07, 6.45) is -18.0. The van der Waals surface area contributed by atoms with Crippen molar-refractivity contribution in [3.63, 3.8) is 0 Å². The third kappa shape index (κ3) is 7.75. The number of aliphatic hydroxyl groups excluding tert-OH is 7. The van der Waals surface area contributed by atoms with Crippen molar-refractivity contribution < 1.29 is 69.0 Å². The van der Waals surface area contributed by atoms with Gasteiger partial charge in [-0.25, -0.2) is 0 Å². The summed E-state index contributed by atoms with van der Waals surface area (Å²) in [7, 11) is 0. The molecule has 14 atom stereocenters. The van der Waals surface area contributed by atoms with Crippen LogP contribution in [0.15, 0.2) is 5.11 Å². The average Bonchev–Trinajstić information content (AvgIpc) is 2.91. The highest BCUT2D eigenvalue weighted by Gasteiger charge is 2.53. The molecule has 3 heterocycles. The molecule has 3 aliphatic heterocycles. The SMILES string of the molecule is CC(=O)NC1[C@H](OCCN=[N+]=[N-])OC(CO)[C@@H](O[C@@H]2OC(CO)[C@H](O)[C@H](O)C2O)[C@@H]1OC1CC(O)[C@H](O)[C@H](C)O1. The van der Waals surface area contributed by atoms with E-state index in [1.165, 1.54) is 13.8 Å². The fraction of sp³-hybridized carbons (Fsp3) is 0.955. The van der Waals surface area contributed by atoms with Crippen molar-refractivity contribution in [3.05, 3.63) is 10.4 Å². The minimum Gasteiger partial charge on any atom is -0.394 e. The molecule has 8 N–H and O–H groups in total. The molecule has 0 radical (unpaired) electrons. The van der Waals surface area contributed by atoms with Crippen LogP contribution in [-0.4, -0.2) is 154 Å². The summed E-state index contributed by atoms with van der Waals surface area (Å²) in [5.41, 5.74) is 8.53. The van der Waals surface area contributed by atoms with Crippen LogP contribution in [0.5, 0.6) is 0 Å². The first kappa shape index (κ1) is 32.8. The van der Waals surface area contributed by atoms with E-state index in [9.17, 15) is 40.5 Å². The number of azide groups is 1. The number of carbonyl (C=O) groups is 1. The molecule has 3 rings (SSSR count). The summed E-state index contributed by atoms with van der Waals surface area (Å²) in [6.45, 7) is 1.07. The fourth-order valence-electron chi connectivity index (χ4n) is 4.78. The molecule has 0 aromatic carbocycles. The zero-order valence-electron chi connectivity index (χ0n) is 21.9. The maximum absolute atomic E-state index is 12.2. The van der Waals surface area contributed by atoms with Crippen LogP contribution in [0.1, 0.15) is 20.3 Å². The number of rotatable bonds is 11. The smallest absolute Gasteiger partial charge is 0.217 e. The molecule has 0 saturated carbocycles. The molecule has 1 amide bonds. The Morgan fingerprint density at radius 3 is 2.23 bits per heavy atom. The summed E-state index contributed by atoms with van der Waals surface area (Å²) in [5, 5.41) is 77.0. The molecule has 18 heteroatoms. The Hall–Kier alpha value is -1.74. The summed E-state index contributed by atoms with van der Waals surface area (Å²) in [4.78, 5) is 14.8. The lowest BCUT2D eigenvalue weighted by atomic mass is 9.94. The van der Waals surface area contributed by atoms with Crippen molar-refractivity contribution in [3.8, 4) is 0 Å². The Morgan fingerprint density at radius 1 is 0.950 bits per heavy atom. The minimum atomic E-state index is -1.81. The number of nitrogens with one attached hydrogen (secondary N) is 1. The Bertz CT molecular complexity index is 853. The van der Waals surface area contributed by atoms with Gasteiger partial charge in [-0.15, -0.1) is 0 Å². The molecule has 0 bridgehead atoms. The first-order valence-electron chi connectivity index (χ1n) is 12.8. The van der Waals surface area contributed by atoms with Crippen molar-refractivity contribution in [2.24, 2.45) is 5.11 Å². The van der Waals surface area contributed by atoms with Crippen molar-refractivity contribution in [1.29, 1.82) is 0 Å². The van der Waals surface area contributed by atoms with Gasteiger partial charge in [-0.1, -0.05) is 5.11 Å². The summed E-state index contributed by atoms with van der Waals surface area (Å²) < 4.78 is 34.7. The van der Waals surface area contributed by atoms with E-state index in [0.29, 0.717) is 0 Å². The summed E-state index contributed by atoms with van der Waals surface area (Å²) >= 11 is 0. The zero-order valence-corrected chi connectivity index (χ0v) is 21.9. The molecule has 3 fully saturated rings. The summed E-state index contributed by atoms with van der Waals surface area (Å²) in [6, 6.07) is -1.18. The molecule has 40 heavy (non-hydrogen) atoms. The highest BCUT2D eigenvalue weighted by molar-refractivity contribution is 5.73. The molecule has 18 nitrogen and oxygen atoms in total. The molecule has 0 aromatic heterocycles. The van der Waals surface area contributed by atoms with Crippen LogP contribution >= 0.6 is 0 Å². The number of nitrogens with zero attached hydrogens (tertiary/aromatic N) is 3. The number of carbonyl (C=O) groups excluding carboxylic acids is 1. The van der Waals surface area contributed by atoms with E-state index in [0.717, 1.165) is 0 Å². The van der Waals surface area contributed by atoms with Gasteiger partial charge in [-0.3, -0.25) is 4.79 Å². The quantitative estimate of drug-likeness (QED) is 0.0499. The van der Waals surface area contributed by atoms with Crippen molar-refractivity contribution in [2.75, 3.05) is 26.4 Å². The van der Waals surface area contributed by atoms with Crippen molar-refractivity contribution in [1.82, 2.24) is 5.32 Å². The Balaban J connectivity index is 1.94. The van der Waals surface area contributed by atoms with Crippen LogP contribution in [0.25, 0.3) is 10.4 Å². The maximum atomic E-state index is 12.2. The van der Waals surface area contributed by atoms with Gasteiger partial charge in [0.1, 0.15) is 54.9 Å². The molecule has 0 aromatic rings. The lowest BCUT2D eigenvalue weighted by Crippen LogP contribution is -2.69. The van der Waals surface area contributed by atoms with E-state index in [2.05, 4.69) is 15.3 Å². The van der Waals surface area contributed by atoms with Crippen LogP contribution in [0.3, 0.4) is 0 Å². The first-order valence-corrected chi connectivity index (χ1v) is 12.8. The fourth-order valence-corrected chi connectivity index (χ4v) is 4.78. The molecular formula is C22H38N4O14. The zero-order chi connectivity index (χ0) is 29.6. The molecular weight excluding hydrogens is 544 g/mol. The van der Waals surface area contributed by atoms with Crippen LogP contribution < -0.4 is 5.32 Å². The van der Waals surface area contributed by atoms with E-state index in [4.69, 9.17) is 34.0 Å². The Labute approximate surface area is 228 Å². The second-order valence-corrected chi connectivity index (χ2v) is 9.74. The molecule has 0 spiro atoms. The number of amides is 1. The van der Waals surface area contributed by atoms with Gasteiger partial charge in [0.2, 0.25) is 5.91 Å². The van der Waals surface area contributed by atoms with E-state index in [-0.39, 0.29) is 19.6 Å². The van der Waals surface area contributed by atoms with Gasteiger partial charge in [0, 0.05) is 24.8 Å². The Morgan fingerprint density at radius 2 is 1.62 bits per heavy atom. The van der Waals surface area contributed by atoms with E-state index < -0.39 is 105 Å². The second kappa shape index (κ2) is 14.9. The third-order valence-electron chi connectivity index (χ3n) is 6.86. The van der Waals surface area contributed by atoms with Crippen LogP contribution in [-0.2, 0) is 33.2 Å². The topological polar surface area (TPSA) is 275 Å². The van der Waals surface area contributed by atoms with Gasteiger partial charge < -0.3 is 69.5 Å². The molecule has 6 unspecified atom stereocenters. The number of hydrogen-bond acceptors (Lipinski definition) is 15. The monoisotopic (exact) mass is 582 g/mol. The van der Waals surface area contributed by atoms with Gasteiger partial charge in [0.05, 0.1) is 32.0 Å². The van der Waals surface area contributed by atoms with Crippen LogP contribution in [0.2, 0.25) is 0 Å². The lowest BCUT2D eigenvalue weighted by Gasteiger charge is -2.49. The lowest BCUT2D eigenvalue weighted by molar-refractivity contribution is -0.365. The largest absolute Gasteiger partial charge is 0.394 e. The van der Waals surface area contributed by atoms with Gasteiger partial charge in [-0.2, -0.15) is 0 Å².